The van der Waals surface area contributed by atoms with E-state index in [0.29, 0.717) is 17.6 Å². The first-order valence-corrected chi connectivity index (χ1v) is 8.29. The summed E-state index contributed by atoms with van der Waals surface area (Å²) in [6.45, 7) is 2.67. The summed E-state index contributed by atoms with van der Waals surface area (Å²) in [5.41, 5.74) is 7.40. The number of nitrogens with two attached hydrogens (primary N) is 1. The molecule has 1 aliphatic heterocycles. The van der Waals surface area contributed by atoms with E-state index in [1.54, 1.807) is 4.68 Å². The van der Waals surface area contributed by atoms with Gasteiger partial charge in [0.15, 0.2) is 5.13 Å². The Morgan fingerprint density at radius 3 is 3.23 bits per heavy atom. The number of amides is 1. The van der Waals surface area contributed by atoms with Gasteiger partial charge in [-0.15, -0.1) is 11.3 Å². The van der Waals surface area contributed by atoms with Gasteiger partial charge in [-0.1, -0.05) is 0 Å². The Hall–Kier alpha value is -1.93. The number of carbonyl (C=O) groups excluding carboxylic acids is 1. The molecule has 1 aliphatic rings. The molecule has 1 fully saturated rings. The summed E-state index contributed by atoms with van der Waals surface area (Å²) in [6, 6.07) is 2.01. The lowest BCUT2D eigenvalue weighted by atomic mass is 9.97. The van der Waals surface area contributed by atoms with E-state index in [2.05, 4.69) is 20.7 Å². The van der Waals surface area contributed by atoms with Crippen LogP contribution in [0.5, 0.6) is 0 Å². The van der Waals surface area contributed by atoms with Crippen molar-refractivity contribution in [3.8, 4) is 0 Å². The van der Waals surface area contributed by atoms with Crippen LogP contribution in [0, 0.1) is 0 Å². The number of nitrogens with one attached hydrogen (secondary N) is 2. The van der Waals surface area contributed by atoms with Crippen molar-refractivity contribution in [1.29, 1.82) is 0 Å². The van der Waals surface area contributed by atoms with Crippen LogP contribution < -0.4 is 16.4 Å². The highest BCUT2D eigenvalue weighted by molar-refractivity contribution is 7.13. The van der Waals surface area contributed by atoms with Crippen LogP contribution in [0.2, 0.25) is 0 Å². The van der Waals surface area contributed by atoms with Gasteiger partial charge in [0, 0.05) is 24.0 Å². The molecule has 3 rings (SSSR count). The molecule has 0 saturated carbocycles. The zero-order chi connectivity index (χ0) is 15.4. The average Bonchev–Trinajstić information content (AvgIpc) is 3.15. The number of rotatable bonds is 5. The molecule has 0 spiro atoms. The monoisotopic (exact) mass is 320 g/mol. The van der Waals surface area contributed by atoms with Crippen LogP contribution in [0.15, 0.2) is 17.6 Å². The van der Waals surface area contributed by atoms with Crippen LogP contribution in [0.1, 0.15) is 30.1 Å². The van der Waals surface area contributed by atoms with Crippen LogP contribution >= 0.6 is 11.3 Å². The van der Waals surface area contributed by atoms with Crippen LogP contribution in [-0.2, 0) is 17.9 Å². The standard InChI is InChI=1S/C14H20N6OS/c15-14-18-11(9-22-14)7-17-13(21)8-20-5-3-12(19-20)10-2-1-4-16-6-10/h3,5,9-10,16H,1-2,4,6-8H2,(H2,15,18)(H,17,21)/t10-/m1/s1. The van der Waals surface area contributed by atoms with Crippen LogP contribution in [-0.4, -0.2) is 33.8 Å². The number of piperidine rings is 1. The summed E-state index contributed by atoms with van der Waals surface area (Å²) in [5.74, 6) is 0.374. The van der Waals surface area contributed by atoms with E-state index in [9.17, 15) is 4.79 Å². The lowest BCUT2D eigenvalue weighted by molar-refractivity contribution is -0.122. The summed E-state index contributed by atoms with van der Waals surface area (Å²) in [4.78, 5) is 16.0. The van der Waals surface area contributed by atoms with E-state index < -0.39 is 0 Å². The van der Waals surface area contributed by atoms with Crippen molar-refractivity contribution in [2.24, 2.45) is 0 Å². The van der Waals surface area contributed by atoms with Crippen molar-refractivity contribution in [3.63, 3.8) is 0 Å². The van der Waals surface area contributed by atoms with Gasteiger partial charge in [-0.25, -0.2) is 4.98 Å². The summed E-state index contributed by atoms with van der Waals surface area (Å²) >= 11 is 1.37. The molecule has 1 atom stereocenters. The maximum absolute atomic E-state index is 11.9. The molecule has 3 heterocycles. The Balaban J connectivity index is 1.50. The molecule has 2 aromatic heterocycles. The van der Waals surface area contributed by atoms with Gasteiger partial charge < -0.3 is 16.4 Å². The molecule has 0 bridgehead atoms. The van der Waals surface area contributed by atoms with E-state index in [1.165, 1.54) is 17.8 Å². The largest absolute Gasteiger partial charge is 0.375 e. The fraction of sp³-hybridized carbons (Fsp3) is 0.500. The second-order valence-electron chi connectivity index (χ2n) is 5.44. The second-order valence-corrected chi connectivity index (χ2v) is 6.32. The number of hydrogen-bond acceptors (Lipinski definition) is 6. The number of nitrogen functional groups attached to an aromatic ring is 1. The van der Waals surface area contributed by atoms with Crippen molar-refractivity contribution >= 4 is 22.4 Å². The van der Waals surface area contributed by atoms with Gasteiger partial charge in [0.2, 0.25) is 5.91 Å². The number of thiazole rings is 1. The Bertz CT molecular complexity index is 631. The minimum absolute atomic E-state index is 0.0806. The van der Waals surface area contributed by atoms with Gasteiger partial charge in [-0.05, 0) is 25.5 Å². The fourth-order valence-corrected chi connectivity index (χ4v) is 3.15. The first kappa shape index (κ1) is 15.0. The van der Waals surface area contributed by atoms with Crippen LogP contribution in [0.4, 0.5) is 5.13 Å². The molecule has 0 radical (unpaired) electrons. The molecule has 1 saturated heterocycles. The molecule has 8 heteroatoms. The van der Waals surface area contributed by atoms with Gasteiger partial charge in [0.1, 0.15) is 6.54 Å². The number of nitrogens with zero attached hydrogens (tertiary/aromatic N) is 3. The van der Waals surface area contributed by atoms with E-state index >= 15 is 0 Å². The van der Waals surface area contributed by atoms with Crippen molar-refractivity contribution in [2.75, 3.05) is 18.8 Å². The molecule has 0 aromatic carbocycles. The van der Waals surface area contributed by atoms with Gasteiger partial charge >= 0.3 is 0 Å². The second kappa shape index (κ2) is 6.89. The SMILES string of the molecule is Nc1nc(CNC(=O)Cn2ccc([C@@H]3CCCNC3)n2)cs1. The summed E-state index contributed by atoms with van der Waals surface area (Å²) in [6.07, 6.45) is 4.20. The molecular formula is C14H20N6OS. The Labute approximate surface area is 132 Å². The highest BCUT2D eigenvalue weighted by Crippen LogP contribution is 2.21. The summed E-state index contributed by atoms with van der Waals surface area (Å²) < 4.78 is 1.69. The Morgan fingerprint density at radius 2 is 2.50 bits per heavy atom. The highest BCUT2D eigenvalue weighted by atomic mass is 32.1. The molecule has 0 aliphatic carbocycles. The zero-order valence-electron chi connectivity index (χ0n) is 12.3. The minimum atomic E-state index is -0.0806. The lowest BCUT2D eigenvalue weighted by Gasteiger charge is -2.20. The molecular weight excluding hydrogens is 300 g/mol. The number of aromatic nitrogens is 3. The number of carbonyl (C=O) groups is 1. The first-order valence-electron chi connectivity index (χ1n) is 7.41. The number of hydrogen-bond donors (Lipinski definition) is 3. The minimum Gasteiger partial charge on any atom is -0.375 e. The third kappa shape index (κ3) is 3.83. The normalized spacial score (nSPS) is 18.3. The quantitative estimate of drug-likeness (QED) is 0.753. The predicted molar refractivity (Wildman–Crippen MR) is 85.4 cm³/mol. The van der Waals surface area contributed by atoms with E-state index in [1.807, 2.05) is 17.6 Å². The van der Waals surface area contributed by atoms with Gasteiger partial charge in [-0.3, -0.25) is 9.48 Å². The average molecular weight is 320 g/mol. The molecule has 0 unspecified atom stereocenters. The van der Waals surface area contributed by atoms with Crippen molar-refractivity contribution in [3.05, 3.63) is 29.0 Å². The lowest BCUT2D eigenvalue weighted by Crippen LogP contribution is -2.29. The topological polar surface area (TPSA) is 97.9 Å². The molecule has 22 heavy (non-hydrogen) atoms. The van der Waals surface area contributed by atoms with E-state index in [-0.39, 0.29) is 12.5 Å². The van der Waals surface area contributed by atoms with E-state index in [4.69, 9.17) is 5.73 Å². The van der Waals surface area contributed by atoms with Crippen LogP contribution in [0.25, 0.3) is 0 Å². The van der Waals surface area contributed by atoms with E-state index in [0.717, 1.165) is 30.9 Å². The third-order valence-electron chi connectivity index (χ3n) is 3.72. The molecule has 7 nitrogen and oxygen atoms in total. The van der Waals surface area contributed by atoms with Crippen molar-refractivity contribution in [2.45, 2.75) is 31.8 Å². The fourth-order valence-electron chi connectivity index (χ4n) is 2.58. The Kier molecular flexibility index (Phi) is 4.69. The first-order chi connectivity index (χ1) is 10.7. The molecule has 1 amide bonds. The molecule has 4 N–H and O–H groups in total. The number of anilines is 1. The maximum atomic E-state index is 11.9. The smallest absolute Gasteiger partial charge is 0.242 e. The van der Waals surface area contributed by atoms with Gasteiger partial charge in [-0.2, -0.15) is 5.10 Å². The summed E-state index contributed by atoms with van der Waals surface area (Å²) in [5, 5.41) is 13.1. The summed E-state index contributed by atoms with van der Waals surface area (Å²) in [7, 11) is 0. The zero-order valence-corrected chi connectivity index (χ0v) is 13.1. The molecule has 2 aromatic rings. The third-order valence-corrected chi connectivity index (χ3v) is 4.44. The van der Waals surface area contributed by atoms with Crippen LogP contribution in [0.3, 0.4) is 0 Å². The van der Waals surface area contributed by atoms with Crippen molar-refractivity contribution in [1.82, 2.24) is 25.4 Å². The predicted octanol–water partition coefficient (Wildman–Crippen LogP) is 0.705. The highest BCUT2D eigenvalue weighted by Gasteiger charge is 2.17. The van der Waals surface area contributed by atoms with Crippen molar-refractivity contribution < 1.29 is 4.79 Å². The van der Waals surface area contributed by atoms with Gasteiger partial charge in [0.05, 0.1) is 17.9 Å². The Morgan fingerprint density at radius 1 is 1.59 bits per heavy atom. The maximum Gasteiger partial charge on any atom is 0.242 e. The van der Waals surface area contributed by atoms with Gasteiger partial charge in [0.25, 0.3) is 0 Å². The molecule has 118 valence electrons.